The fourth-order valence-corrected chi connectivity index (χ4v) is 2.82. The first-order valence-electron chi connectivity index (χ1n) is 7.04. The molecule has 2 aromatic rings. The summed E-state index contributed by atoms with van der Waals surface area (Å²) in [5.74, 6) is -2.84. The average Bonchev–Trinajstić information content (AvgIpc) is 2.44. The maximum absolute atomic E-state index is 14.0. The summed E-state index contributed by atoms with van der Waals surface area (Å²) in [7, 11) is 0. The standard InChI is InChI=1S/C17H14F3NO/c18-13-5-2-1-4-12(13)17(8-3-9-17)16(22)21-11-6-7-14(19)15(20)10-11/h1-2,4-7,10H,3,8-9H2,(H,21,22). The highest BCUT2D eigenvalue weighted by Gasteiger charge is 2.47. The third kappa shape index (κ3) is 2.36. The van der Waals surface area contributed by atoms with Gasteiger partial charge in [-0.1, -0.05) is 24.6 Å². The van der Waals surface area contributed by atoms with Crippen LogP contribution in [-0.4, -0.2) is 5.91 Å². The molecule has 1 aliphatic rings. The number of hydrogen-bond donors (Lipinski definition) is 1. The van der Waals surface area contributed by atoms with Gasteiger partial charge in [0.05, 0.1) is 5.41 Å². The molecule has 0 bridgehead atoms. The van der Waals surface area contributed by atoms with Crippen molar-refractivity contribution in [2.24, 2.45) is 0 Å². The minimum absolute atomic E-state index is 0.159. The van der Waals surface area contributed by atoms with Crippen LogP contribution in [0.1, 0.15) is 24.8 Å². The van der Waals surface area contributed by atoms with Crippen molar-refractivity contribution >= 4 is 11.6 Å². The third-order valence-corrected chi connectivity index (χ3v) is 4.21. The van der Waals surface area contributed by atoms with E-state index in [0.29, 0.717) is 18.4 Å². The predicted octanol–water partition coefficient (Wildman–Crippen LogP) is 4.16. The second kappa shape index (κ2) is 5.48. The summed E-state index contributed by atoms with van der Waals surface area (Å²) in [5, 5.41) is 2.57. The number of nitrogens with one attached hydrogen (secondary N) is 1. The smallest absolute Gasteiger partial charge is 0.235 e. The zero-order valence-corrected chi connectivity index (χ0v) is 11.7. The Labute approximate surface area is 126 Å². The first-order valence-corrected chi connectivity index (χ1v) is 7.04. The fourth-order valence-electron chi connectivity index (χ4n) is 2.82. The van der Waals surface area contributed by atoms with Crippen molar-refractivity contribution in [3.63, 3.8) is 0 Å². The minimum Gasteiger partial charge on any atom is -0.325 e. The Kier molecular flexibility index (Phi) is 3.64. The molecule has 1 N–H and O–H groups in total. The number of carbonyl (C=O) groups is 1. The Morgan fingerprint density at radius 2 is 1.68 bits per heavy atom. The minimum atomic E-state index is -1.04. The van der Waals surface area contributed by atoms with E-state index >= 15 is 0 Å². The van der Waals surface area contributed by atoms with Crippen molar-refractivity contribution in [3.8, 4) is 0 Å². The van der Waals surface area contributed by atoms with Gasteiger partial charge in [-0.15, -0.1) is 0 Å². The number of anilines is 1. The van der Waals surface area contributed by atoms with E-state index in [4.69, 9.17) is 0 Å². The maximum atomic E-state index is 14.0. The van der Waals surface area contributed by atoms with Crippen LogP contribution >= 0.6 is 0 Å². The molecule has 0 heterocycles. The van der Waals surface area contributed by atoms with Crippen LogP contribution in [0.3, 0.4) is 0 Å². The molecule has 3 rings (SSSR count). The van der Waals surface area contributed by atoms with Crippen LogP contribution < -0.4 is 5.32 Å². The second-order valence-electron chi connectivity index (χ2n) is 5.50. The number of carbonyl (C=O) groups excluding carboxylic acids is 1. The molecule has 5 heteroatoms. The van der Waals surface area contributed by atoms with E-state index in [2.05, 4.69) is 5.32 Å². The first-order chi connectivity index (χ1) is 10.5. The quantitative estimate of drug-likeness (QED) is 0.906. The number of halogens is 3. The molecule has 114 valence electrons. The van der Waals surface area contributed by atoms with E-state index in [9.17, 15) is 18.0 Å². The zero-order chi connectivity index (χ0) is 15.7. The maximum Gasteiger partial charge on any atom is 0.235 e. The van der Waals surface area contributed by atoms with E-state index in [0.717, 1.165) is 18.6 Å². The molecule has 0 radical (unpaired) electrons. The van der Waals surface area contributed by atoms with Gasteiger partial charge in [-0.05, 0) is 31.0 Å². The molecule has 1 fully saturated rings. The number of amides is 1. The van der Waals surface area contributed by atoms with Crippen LogP contribution in [-0.2, 0) is 10.2 Å². The monoisotopic (exact) mass is 305 g/mol. The van der Waals surface area contributed by atoms with Crippen LogP contribution in [0.15, 0.2) is 42.5 Å². The van der Waals surface area contributed by atoms with Crippen molar-refractivity contribution in [1.29, 1.82) is 0 Å². The molecule has 22 heavy (non-hydrogen) atoms. The fraction of sp³-hybridized carbons (Fsp3) is 0.235. The molecule has 2 aromatic carbocycles. The van der Waals surface area contributed by atoms with Gasteiger partial charge < -0.3 is 5.32 Å². The third-order valence-electron chi connectivity index (χ3n) is 4.21. The Morgan fingerprint density at radius 3 is 2.27 bits per heavy atom. The summed E-state index contributed by atoms with van der Waals surface area (Å²) in [6.45, 7) is 0. The van der Waals surface area contributed by atoms with E-state index in [1.807, 2.05) is 0 Å². The van der Waals surface area contributed by atoms with Gasteiger partial charge in [0.1, 0.15) is 5.82 Å². The lowest BCUT2D eigenvalue weighted by Gasteiger charge is -2.40. The molecular formula is C17H14F3NO. The van der Waals surface area contributed by atoms with Gasteiger partial charge in [-0.2, -0.15) is 0 Å². The largest absolute Gasteiger partial charge is 0.325 e. The Morgan fingerprint density at radius 1 is 0.955 bits per heavy atom. The van der Waals surface area contributed by atoms with Crippen LogP contribution in [0.2, 0.25) is 0 Å². The van der Waals surface area contributed by atoms with Crippen molar-refractivity contribution < 1.29 is 18.0 Å². The van der Waals surface area contributed by atoms with Gasteiger partial charge in [0.25, 0.3) is 0 Å². The molecule has 1 amide bonds. The molecule has 0 aromatic heterocycles. The van der Waals surface area contributed by atoms with E-state index in [1.165, 1.54) is 12.1 Å². The molecule has 1 aliphatic carbocycles. The van der Waals surface area contributed by atoms with Gasteiger partial charge in [-0.25, -0.2) is 13.2 Å². The van der Waals surface area contributed by atoms with Crippen molar-refractivity contribution in [3.05, 3.63) is 65.5 Å². The summed E-state index contributed by atoms with van der Waals surface area (Å²) in [6, 6.07) is 9.31. The molecule has 1 saturated carbocycles. The highest BCUT2D eigenvalue weighted by molar-refractivity contribution is 6.00. The molecule has 0 spiro atoms. The highest BCUT2D eigenvalue weighted by atomic mass is 19.2. The number of rotatable bonds is 3. The molecule has 2 nitrogen and oxygen atoms in total. The van der Waals surface area contributed by atoms with Gasteiger partial charge in [0, 0.05) is 17.3 Å². The molecule has 0 atom stereocenters. The van der Waals surface area contributed by atoms with E-state index < -0.39 is 28.8 Å². The number of hydrogen-bond acceptors (Lipinski definition) is 1. The summed E-state index contributed by atoms with van der Waals surface area (Å²) in [5.41, 5.74) is -0.427. The summed E-state index contributed by atoms with van der Waals surface area (Å²) in [6.07, 6.45) is 1.88. The van der Waals surface area contributed by atoms with Crippen molar-refractivity contribution in [1.82, 2.24) is 0 Å². The van der Waals surface area contributed by atoms with Crippen LogP contribution in [0.5, 0.6) is 0 Å². The van der Waals surface area contributed by atoms with Crippen LogP contribution in [0.25, 0.3) is 0 Å². The summed E-state index contributed by atoms with van der Waals surface area (Å²) in [4.78, 5) is 12.6. The normalized spacial score (nSPS) is 16.0. The Hall–Kier alpha value is -2.30. The van der Waals surface area contributed by atoms with Crippen molar-refractivity contribution in [2.45, 2.75) is 24.7 Å². The lowest BCUT2D eigenvalue weighted by molar-refractivity contribution is -0.124. The molecule has 0 aliphatic heterocycles. The van der Waals surface area contributed by atoms with Gasteiger partial charge >= 0.3 is 0 Å². The number of benzene rings is 2. The lowest BCUT2D eigenvalue weighted by atomic mass is 9.63. The highest BCUT2D eigenvalue weighted by Crippen LogP contribution is 2.45. The predicted molar refractivity (Wildman–Crippen MR) is 76.9 cm³/mol. The van der Waals surface area contributed by atoms with Crippen LogP contribution in [0.4, 0.5) is 18.9 Å². The van der Waals surface area contributed by atoms with Crippen molar-refractivity contribution in [2.75, 3.05) is 5.32 Å². The van der Waals surface area contributed by atoms with E-state index in [-0.39, 0.29) is 5.69 Å². The first kappa shape index (κ1) is 14.6. The average molecular weight is 305 g/mol. The topological polar surface area (TPSA) is 29.1 Å². The molecule has 0 unspecified atom stereocenters. The zero-order valence-electron chi connectivity index (χ0n) is 11.7. The SMILES string of the molecule is O=C(Nc1ccc(F)c(F)c1)C1(c2ccccc2F)CCC1. The van der Waals surface area contributed by atoms with Gasteiger partial charge in [0.2, 0.25) is 5.91 Å². The summed E-state index contributed by atoms with van der Waals surface area (Å²) >= 11 is 0. The molecular weight excluding hydrogens is 291 g/mol. The lowest BCUT2D eigenvalue weighted by Crippen LogP contribution is -2.46. The Bertz CT molecular complexity index is 726. The second-order valence-corrected chi connectivity index (χ2v) is 5.50. The van der Waals surface area contributed by atoms with E-state index in [1.54, 1.807) is 18.2 Å². The van der Waals surface area contributed by atoms with Gasteiger partial charge in [0.15, 0.2) is 11.6 Å². The Balaban J connectivity index is 1.89. The summed E-state index contributed by atoms with van der Waals surface area (Å²) < 4.78 is 40.2. The van der Waals surface area contributed by atoms with Gasteiger partial charge in [-0.3, -0.25) is 4.79 Å². The van der Waals surface area contributed by atoms with Crippen LogP contribution in [0, 0.1) is 17.5 Å². The molecule has 0 saturated heterocycles.